The molecule has 5 heteroatoms. The van der Waals surface area contributed by atoms with Crippen molar-refractivity contribution in [3.05, 3.63) is 0 Å². The lowest BCUT2D eigenvalue weighted by molar-refractivity contribution is -0.118. The summed E-state index contributed by atoms with van der Waals surface area (Å²) in [5, 5.41) is 2.78. The fourth-order valence-corrected chi connectivity index (χ4v) is 1.44. The molecule has 0 aromatic rings. The number of amides is 1. The lowest BCUT2D eigenvalue weighted by Gasteiger charge is -2.09. The number of carbonyl (C=O) groups excluding carboxylic acids is 1. The van der Waals surface area contributed by atoms with Gasteiger partial charge >= 0.3 is 0 Å². The number of hydrogen-bond acceptors (Lipinski definition) is 3. The first kappa shape index (κ1) is 12.3. The van der Waals surface area contributed by atoms with Crippen molar-refractivity contribution in [2.75, 3.05) is 32.3 Å². The van der Waals surface area contributed by atoms with Crippen molar-refractivity contribution in [2.24, 2.45) is 0 Å². The second-order valence-electron chi connectivity index (χ2n) is 2.29. The van der Waals surface area contributed by atoms with Crippen LogP contribution in [-0.2, 0) is 9.53 Å². The Balaban J connectivity index is 3.33. The highest BCUT2D eigenvalue weighted by molar-refractivity contribution is 9.09. The molecular weight excluding hydrogens is 242 g/mol. The van der Waals surface area contributed by atoms with Gasteiger partial charge in [0.1, 0.15) is 0 Å². The minimum Gasteiger partial charge on any atom is -0.383 e. The standard InChI is InChI=1S/C7H14BrNO2S/c1-11-4-6(8)3-9-7(10)5-12-2/h6H,3-5H2,1-2H3,(H,9,10). The van der Waals surface area contributed by atoms with Gasteiger partial charge in [-0.25, -0.2) is 0 Å². The van der Waals surface area contributed by atoms with Crippen molar-refractivity contribution in [3.8, 4) is 0 Å². The fourth-order valence-electron chi connectivity index (χ4n) is 0.646. The third-order valence-electron chi connectivity index (χ3n) is 1.14. The lowest BCUT2D eigenvalue weighted by Crippen LogP contribution is -2.32. The van der Waals surface area contributed by atoms with Crippen LogP contribution < -0.4 is 5.32 Å². The molecule has 0 bridgehead atoms. The molecule has 0 heterocycles. The van der Waals surface area contributed by atoms with Gasteiger partial charge in [0, 0.05) is 13.7 Å². The molecule has 0 aliphatic heterocycles. The van der Waals surface area contributed by atoms with Crippen LogP contribution in [0.4, 0.5) is 0 Å². The van der Waals surface area contributed by atoms with Crippen molar-refractivity contribution in [2.45, 2.75) is 4.83 Å². The van der Waals surface area contributed by atoms with E-state index in [0.717, 1.165) is 0 Å². The van der Waals surface area contributed by atoms with Gasteiger partial charge in [-0.15, -0.1) is 0 Å². The van der Waals surface area contributed by atoms with Crippen molar-refractivity contribution in [3.63, 3.8) is 0 Å². The van der Waals surface area contributed by atoms with Crippen molar-refractivity contribution < 1.29 is 9.53 Å². The number of rotatable bonds is 6. The number of methoxy groups -OCH3 is 1. The molecule has 12 heavy (non-hydrogen) atoms. The van der Waals surface area contributed by atoms with Crippen LogP contribution in [-0.4, -0.2) is 43.0 Å². The van der Waals surface area contributed by atoms with E-state index in [4.69, 9.17) is 4.74 Å². The van der Waals surface area contributed by atoms with E-state index in [1.54, 1.807) is 7.11 Å². The van der Waals surface area contributed by atoms with Crippen LogP contribution >= 0.6 is 27.7 Å². The average molecular weight is 256 g/mol. The summed E-state index contributed by atoms with van der Waals surface area (Å²) >= 11 is 4.89. The van der Waals surface area contributed by atoms with Crippen LogP contribution in [0.2, 0.25) is 0 Å². The Hall–Kier alpha value is 0.260. The largest absolute Gasteiger partial charge is 0.383 e. The second kappa shape index (κ2) is 7.89. The predicted molar refractivity (Wildman–Crippen MR) is 56.0 cm³/mol. The summed E-state index contributed by atoms with van der Waals surface area (Å²) in [6.07, 6.45) is 1.90. The van der Waals surface area contributed by atoms with E-state index in [-0.39, 0.29) is 10.7 Å². The van der Waals surface area contributed by atoms with Crippen LogP contribution in [0.1, 0.15) is 0 Å². The highest BCUT2D eigenvalue weighted by Gasteiger charge is 2.05. The molecule has 0 spiro atoms. The van der Waals surface area contributed by atoms with E-state index in [1.165, 1.54) is 11.8 Å². The summed E-state index contributed by atoms with van der Waals surface area (Å²) in [6, 6.07) is 0. The van der Waals surface area contributed by atoms with Gasteiger partial charge in [0.05, 0.1) is 17.2 Å². The first-order valence-corrected chi connectivity index (χ1v) is 5.90. The van der Waals surface area contributed by atoms with Gasteiger partial charge in [-0.1, -0.05) is 15.9 Å². The van der Waals surface area contributed by atoms with Crippen LogP contribution in [0.5, 0.6) is 0 Å². The predicted octanol–water partition coefficient (Wildman–Crippen LogP) is 0.875. The van der Waals surface area contributed by atoms with Gasteiger partial charge in [-0.3, -0.25) is 4.79 Å². The summed E-state index contributed by atoms with van der Waals surface area (Å²) in [7, 11) is 1.64. The highest BCUT2D eigenvalue weighted by Crippen LogP contribution is 1.97. The smallest absolute Gasteiger partial charge is 0.230 e. The maximum Gasteiger partial charge on any atom is 0.230 e. The van der Waals surface area contributed by atoms with E-state index >= 15 is 0 Å². The molecule has 3 nitrogen and oxygen atoms in total. The van der Waals surface area contributed by atoms with Crippen LogP contribution in [0.3, 0.4) is 0 Å². The normalized spacial score (nSPS) is 12.6. The Labute approximate surface area is 85.7 Å². The number of alkyl halides is 1. The van der Waals surface area contributed by atoms with Crippen molar-refractivity contribution in [1.29, 1.82) is 0 Å². The van der Waals surface area contributed by atoms with E-state index in [9.17, 15) is 4.79 Å². The number of thioether (sulfide) groups is 1. The van der Waals surface area contributed by atoms with Crippen LogP contribution in [0.15, 0.2) is 0 Å². The Kier molecular flexibility index (Phi) is 8.06. The van der Waals surface area contributed by atoms with E-state index in [2.05, 4.69) is 21.2 Å². The van der Waals surface area contributed by atoms with Gasteiger partial charge in [0.15, 0.2) is 0 Å². The molecule has 0 saturated carbocycles. The first-order chi connectivity index (χ1) is 5.70. The maximum atomic E-state index is 11.0. The van der Waals surface area contributed by atoms with Gasteiger partial charge < -0.3 is 10.1 Å². The highest BCUT2D eigenvalue weighted by atomic mass is 79.9. The van der Waals surface area contributed by atoms with E-state index in [0.29, 0.717) is 18.9 Å². The zero-order chi connectivity index (χ0) is 9.40. The molecule has 1 atom stereocenters. The maximum absolute atomic E-state index is 11.0. The summed E-state index contributed by atoms with van der Waals surface area (Å²) in [4.78, 5) is 11.2. The molecule has 0 aliphatic carbocycles. The fraction of sp³-hybridized carbons (Fsp3) is 0.857. The first-order valence-electron chi connectivity index (χ1n) is 3.59. The van der Waals surface area contributed by atoms with E-state index in [1.807, 2.05) is 6.26 Å². The van der Waals surface area contributed by atoms with Gasteiger partial charge in [-0.05, 0) is 6.26 Å². The Bertz CT molecular complexity index is 135. The summed E-state index contributed by atoms with van der Waals surface area (Å²) in [5.74, 6) is 0.593. The number of nitrogens with one attached hydrogen (secondary N) is 1. The molecule has 0 saturated heterocycles. The third-order valence-corrected chi connectivity index (χ3v) is 2.28. The second-order valence-corrected chi connectivity index (χ2v) is 4.45. The minimum atomic E-state index is 0.0723. The zero-order valence-corrected chi connectivity index (χ0v) is 9.70. The van der Waals surface area contributed by atoms with Gasteiger partial charge in [0.2, 0.25) is 5.91 Å². The Morgan fingerprint density at radius 1 is 1.75 bits per heavy atom. The van der Waals surface area contributed by atoms with E-state index < -0.39 is 0 Å². The molecule has 1 unspecified atom stereocenters. The molecule has 1 amide bonds. The molecule has 72 valence electrons. The third kappa shape index (κ3) is 6.94. The van der Waals surface area contributed by atoms with Crippen molar-refractivity contribution >= 4 is 33.6 Å². The summed E-state index contributed by atoms with van der Waals surface area (Å²) < 4.78 is 4.89. The summed E-state index contributed by atoms with van der Waals surface area (Å²) in [5.41, 5.74) is 0. The minimum absolute atomic E-state index is 0.0723. The number of halogens is 1. The topological polar surface area (TPSA) is 38.3 Å². The molecule has 0 fully saturated rings. The lowest BCUT2D eigenvalue weighted by atomic mass is 10.4. The van der Waals surface area contributed by atoms with Crippen molar-refractivity contribution in [1.82, 2.24) is 5.32 Å². The van der Waals surface area contributed by atoms with Gasteiger partial charge in [0.25, 0.3) is 0 Å². The number of hydrogen-bond donors (Lipinski definition) is 1. The number of carbonyl (C=O) groups is 1. The van der Waals surface area contributed by atoms with Gasteiger partial charge in [-0.2, -0.15) is 11.8 Å². The molecule has 1 N–H and O–H groups in total. The number of ether oxygens (including phenoxy) is 1. The molecule has 0 aliphatic rings. The van der Waals surface area contributed by atoms with Crippen LogP contribution in [0.25, 0.3) is 0 Å². The summed E-state index contributed by atoms with van der Waals surface area (Å²) in [6.45, 7) is 1.23. The Morgan fingerprint density at radius 2 is 2.42 bits per heavy atom. The molecule has 0 rings (SSSR count). The molecule has 0 aromatic carbocycles. The quantitative estimate of drug-likeness (QED) is 0.717. The monoisotopic (exact) mass is 255 g/mol. The molecular formula is C7H14BrNO2S. The molecule has 0 radical (unpaired) electrons. The average Bonchev–Trinajstić information content (AvgIpc) is 2.02. The molecule has 0 aromatic heterocycles. The SMILES string of the molecule is COCC(Br)CNC(=O)CSC. The van der Waals surface area contributed by atoms with Crippen LogP contribution in [0, 0.1) is 0 Å². The Morgan fingerprint density at radius 3 is 2.92 bits per heavy atom. The zero-order valence-electron chi connectivity index (χ0n) is 7.30.